The lowest BCUT2D eigenvalue weighted by Crippen LogP contribution is -2.00. The molecule has 0 heterocycles. The fourth-order valence-corrected chi connectivity index (χ4v) is 1.67. The van der Waals surface area contributed by atoms with Crippen molar-refractivity contribution < 1.29 is 17.7 Å². The monoisotopic (exact) mass is 216 g/mol. The first-order valence-corrected chi connectivity index (χ1v) is 5.57. The molecule has 0 bridgehead atoms. The van der Waals surface area contributed by atoms with Gasteiger partial charge in [0.2, 0.25) is 0 Å². The topological polar surface area (TPSA) is 63.6 Å². The first-order valence-electron chi connectivity index (χ1n) is 4.13. The minimum atomic E-state index is -4.14. The quantitative estimate of drug-likeness (QED) is 0.778. The Labute approximate surface area is 83.3 Å². The maximum atomic E-state index is 10.8. The van der Waals surface area contributed by atoms with Gasteiger partial charge in [0.15, 0.2) is 0 Å². The Balaban J connectivity index is 3.28. The van der Waals surface area contributed by atoms with E-state index >= 15 is 0 Å². The Morgan fingerprint density at radius 3 is 2.50 bits per heavy atom. The molecule has 0 aliphatic rings. The molecule has 5 heteroatoms. The Bertz CT molecular complexity index is 422. The molecule has 0 amide bonds. The number of hydrogen-bond donors (Lipinski definition) is 1. The Hall–Kier alpha value is -1.07. The van der Waals surface area contributed by atoms with Crippen LogP contribution in [0.1, 0.15) is 12.5 Å². The van der Waals surface area contributed by atoms with Gasteiger partial charge < -0.3 is 4.74 Å². The van der Waals surface area contributed by atoms with Crippen LogP contribution in [0.2, 0.25) is 0 Å². The molecule has 0 saturated carbocycles. The van der Waals surface area contributed by atoms with Gasteiger partial charge >= 0.3 is 0 Å². The van der Waals surface area contributed by atoms with Crippen LogP contribution >= 0.6 is 0 Å². The highest BCUT2D eigenvalue weighted by atomic mass is 32.2. The average molecular weight is 216 g/mol. The summed E-state index contributed by atoms with van der Waals surface area (Å²) in [5.41, 5.74) is 0.903. The molecular weight excluding hydrogens is 204 g/mol. The number of aryl methyl sites for hydroxylation is 1. The Morgan fingerprint density at radius 2 is 2.07 bits per heavy atom. The minimum Gasteiger partial charge on any atom is -0.496 e. The normalized spacial score (nSPS) is 11.4. The third-order valence-corrected chi connectivity index (χ3v) is 2.79. The Morgan fingerprint density at radius 1 is 1.43 bits per heavy atom. The second-order valence-corrected chi connectivity index (χ2v) is 4.22. The molecule has 0 unspecified atom stereocenters. The van der Waals surface area contributed by atoms with Gasteiger partial charge in [-0.2, -0.15) is 8.42 Å². The van der Waals surface area contributed by atoms with E-state index in [9.17, 15) is 8.42 Å². The number of methoxy groups -OCH3 is 1. The van der Waals surface area contributed by atoms with Gasteiger partial charge in [-0.1, -0.05) is 13.0 Å². The summed E-state index contributed by atoms with van der Waals surface area (Å²) in [5, 5.41) is 0. The number of hydrogen-bond acceptors (Lipinski definition) is 3. The predicted octanol–water partition coefficient (Wildman–Crippen LogP) is 1.50. The van der Waals surface area contributed by atoms with Crippen LogP contribution in [0.5, 0.6) is 5.75 Å². The first-order chi connectivity index (χ1) is 6.49. The third kappa shape index (κ3) is 2.24. The molecule has 14 heavy (non-hydrogen) atoms. The van der Waals surface area contributed by atoms with E-state index in [0.29, 0.717) is 5.75 Å². The SMILES string of the molecule is CCc1ccc(S(=O)(=O)O)cc1OC. The summed E-state index contributed by atoms with van der Waals surface area (Å²) in [6.07, 6.45) is 0.745. The molecule has 1 aromatic carbocycles. The summed E-state index contributed by atoms with van der Waals surface area (Å²) in [6, 6.07) is 4.30. The summed E-state index contributed by atoms with van der Waals surface area (Å²) in [7, 11) is -2.68. The predicted molar refractivity (Wildman–Crippen MR) is 52.2 cm³/mol. The molecule has 0 spiro atoms. The fraction of sp³-hybridized carbons (Fsp3) is 0.333. The molecule has 0 saturated heterocycles. The second-order valence-electron chi connectivity index (χ2n) is 2.80. The van der Waals surface area contributed by atoms with Gasteiger partial charge in [-0.15, -0.1) is 0 Å². The van der Waals surface area contributed by atoms with Crippen LogP contribution in [-0.2, 0) is 16.5 Å². The summed E-state index contributed by atoms with van der Waals surface area (Å²) >= 11 is 0. The number of rotatable bonds is 3. The van der Waals surface area contributed by atoms with E-state index < -0.39 is 10.1 Å². The van der Waals surface area contributed by atoms with Gasteiger partial charge in [0.25, 0.3) is 10.1 Å². The van der Waals surface area contributed by atoms with Gasteiger partial charge in [0.1, 0.15) is 5.75 Å². The second kappa shape index (κ2) is 3.98. The summed E-state index contributed by atoms with van der Waals surface area (Å²) < 4.78 is 35.4. The van der Waals surface area contributed by atoms with Crippen molar-refractivity contribution in [2.24, 2.45) is 0 Å². The van der Waals surface area contributed by atoms with E-state index in [0.717, 1.165) is 12.0 Å². The van der Waals surface area contributed by atoms with Crippen molar-refractivity contribution in [1.29, 1.82) is 0 Å². The van der Waals surface area contributed by atoms with Crippen LogP contribution < -0.4 is 4.74 Å². The van der Waals surface area contributed by atoms with Gasteiger partial charge in [-0.25, -0.2) is 0 Å². The molecule has 1 aromatic rings. The molecule has 4 nitrogen and oxygen atoms in total. The highest BCUT2D eigenvalue weighted by Gasteiger charge is 2.12. The van der Waals surface area contributed by atoms with Crippen LogP contribution in [0.3, 0.4) is 0 Å². The average Bonchev–Trinajstić information content (AvgIpc) is 2.15. The van der Waals surface area contributed by atoms with Crippen molar-refractivity contribution in [1.82, 2.24) is 0 Å². The standard InChI is InChI=1S/C9H12O4S/c1-3-7-4-5-8(14(10,11)12)6-9(7)13-2/h4-6H,3H2,1-2H3,(H,10,11,12). The van der Waals surface area contributed by atoms with Crippen LogP contribution in [0.4, 0.5) is 0 Å². The highest BCUT2D eigenvalue weighted by Crippen LogP contribution is 2.22. The van der Waals surface area contributed by atoms with E-state index in [-0.39, 0.29) is 4.90 Å². The summed E-state index contributed by atoms with van der Waals surface area (Å²) in [5.74, 6) is 0.475. The summed E-state index contributed by atoms with van der Waals surface area (Å²) in [4.78, 5) is -0.147. The lowest BCUT2D eigenvalue weighted by atomic mass is 10.1. The molecule has 0 radical (unpaired) electrons. The first kappa shape index (κ1) is 11.0. The zero-order valence-electron chi connectivity index (χ0n) is 8.02. The largest absolute Gasteiger partial charge is 0.496 e. The molecule has 0 aliphatic carbocycles. The fourth-order valence-electron chi connectivity index (χ4n) is 1.18. The maximum absolute atomic E-state index is 10.8. The van der Waals surface area contributed by atoms with Crippen molar-refractivity contribution >= 4 is 10.1 Å². The van der Waals surface area contributed by atoms with Crippen LogP contribution in [0, 0.1) is 0 Å². The zero-order valence-corrected chi connectivity index (χ0v) is 8.84. The smallest absolute Gasteiger partial charge is 0.294 e. The highest BCUT2D eigenvalue weighted by molar-refractivity contribution is 7.85. The van der Waals surface area contributed by atoms with Crippen LogP contribution in [0.25, 0.3) is 0 Å². The maximum Gasteiger partial charge on any atom is 0.294 e. The van der Waals surface area contributed by atoms with Gasteiger partial charge in [0, 0.05) is 6.07 Å². The van der Waals surface area contributed by atoms with Crippen molar-refractivity contribution in [3.05, 3.63) is 23.8 Å². The molecule has 0 fully saturated rings. The summed E-state index contributed by atoms with van der Waals surface area (Å²) in [6.45, 7) is 1.94. The lowest BCUT2D eigenvalue weighted by Gasteiger charge is -2.07. The van der Waals surface area contributed by atoms with Gasteiger partial charge in [-0.3, -0.25) is 4.55 Å². The molecule has 1 rings (SSSR count). The van der Waals surface area contributed by atoms with E-state index in [1.807, 2.05) is 6.92 Å². The number of benzene rings is 1. The van der Waals surface area contributed by atoms with Crippen molar-refractivity contribution in [3.8, 4) is 5.75 Å². The molecular formula is C9H12O4S. The lowest BCUT2D eigenvalue weighted by molar-refractivity contribution is 0.408. The van der Waals surface area contributed by atoms with Crippen molar-refractivity contribution in [2.75, 3.05) is 7.11 Å². The van der Waals surface area contributed by atoms with Crippen LogP contribution in [0.15, 0.2) is 23.1 Å². The van der Waals surface area contributed by atoms with Crippen LogP contribution in [-0.4, -0.2) is 20.1 Å². The van der Waals surface area contributed by atoms with E-state index in [1.165, 1.54) is 19.2 Å². The van der Waals surface area contributed by atoms with E-state index in [1.54, 1.807) is 6.07 Å². The molecule has 0 aliphatic heterocycles. The zero-order chi connectivity index (χ0) is 10.8. The van der Waals surface area contributed by atoms with E-state index in [2.05, 4.69) is 0 Å². The van der Waals surface area contributed by atoms with Crippen molar-refractivity contribution in [2.45, 2.75) is 18.2 Å². The number of ether oxygens (including phenoxy) is 1. The van der Waals surface area contributed by atoms with Crippen molar-refractivity contribution in [3.63, 3.8) is 0 Å². The van der Waals surface area contributed by atoms with E-state index in [4.69, 9.17) is 9.29 Å². The third-order valence-electron chi connectivity index (χ3n) is 1.94. The molecule has 0 aromatic heterocycles. The van der Waals surface area contributed by atoms with Gasteiger partial charge in [-0.05, 0) is 18.1 Å². The minimum absolute atomic E-state index is 0.147. The van der Waals surface area contributed by atoms with Gasteiger partial charge in [0.05, 0.1) is 12.0 Å². The molecule has 78 valence electrons. The molecule has 0 atom stereocenters. The molecule has 1 N–H and O–H groups in total. The Kier molecular flexibility index (Phi) is 3.13.